The second-order valence-electron chi connectivity index (χ2n) is 5.55. The van der Waals surface area contributed by atoms with Crippen LogP contribution in [0.3, 0.4) is 0 Å². The van der Waals surface area contributed by atoms with E-state index >= 15 is 0 Å². The molecule has 0 bridgehead atoms. The number of aromatic nitrogens is 2. The summed E-state index contributed by atoms with van der Waals surface area (Å²) in [5, 5.41) is 18.9. The van der Waals surface area contributed by atoms with Gasteiger partial charge in [0.25, 0.3) is 5.91 Å². The third-order valence-electron chi connectivity index (χ3n) is 3.55. The Kier molecular flexibility index (Phi) is 6.15. The van der Waals surface area contributed by atoms with Crippen molar-refractivity contribution in [1.29, 1.82) is 0 Å². The van der Waals surface area contributed by atoms with E-state index in [0.717, 1.165) is 5.56 Å². The quantitative estimate of drug-likeness (QED) is 0.429. The van der Waals surface area contributed by atoms with Gasteiger partial charge in [0.1, 0.15) is 5.75 Å². The molecule has 0 aliphatic carbocycles. The summed E-state index contributed by atoms with van der Waals surface area (Å²) in [6, 6.07) is 11.9. The minimum absolute atomic E-state index is 0.00539. The molecule has 1 amide bonds. The predicted molar refractivity (Wildman–Crippen MR) is 109 cm³/mol. The average Bonchev–Trinajstić information content (AvgIpc) is 3.00. The second-order valence-corrected chi connectivity index (χ2v) is 7.28. The smallest absolute Gasteiger partial charge is 0.293 e. The second kappa shape index (κ2) is 8.56. The molecular weight excluding hydrogens is 455 g/mol. The Labute approximate surface area is 173 Å². The largest absolute Gasteiger partial charge is 0.507 e. The van der Waals surface area contributed by atoms with Gasteiger partial charge in [0.15, 0.2) is 5.69 Å². The zero-order chi connectivity index (χ0) is 19.4. The monoisotopic (exact) mass is 466 g/mol. The molecule has 0 spiro atoms. The van der Waals surface area contributed by atoms with E-state index < -0.39 is 5.91 Å². The van der Waals surface area contributed by atoms with Gasteiger partial charge in [-0.25, -0.2) is 5.43 Å². The number of nitrogens with zero attached hydrogens (tertiary/aromatic N) is 3. The first kappa shape index (κ1) is 19.4. The van der Waals surface area contributed by atoms with Gasteiger partial charge in [0.2, 0.25) is 0 Å². The van der Waals surface area contributed by atoms with Crippen molar-refractivity contribution in [2.24, 2.45) is 5.10 Å². The molecule has 1 heterocycles. The molecule has 9 heteroatoms. The molecule has 3 aromatic rings. The van der Waals surface area contributed by atoms with Crippen LogP contribution in [0.5, 0.6) is 5.75 Å². The molecule has 0 aliphatic heterocycles. The minimum atomic E-state index is -0.491. The standard InChI is InChI=1S/C18H13BrCl2N4O2/c19-15-10-25(9-11-1-3-13(20)4-2-11)24-17(15)18(27)23-22-8-12-7-14(21)5-6-16(12)26/h1-8,10,26H,9H2,(H,23,27). The van der Waals surface area contributed by atoms with Crippen molar-refractivity contribution < 1.29 is 9.90 Å². The fraction of sp³-hybridized carbons (Fsp3) is 0.0556. The first-order chi connectivity index (χ1) is 12.9. The molecule has 3 rings (SSSR count). The highest BCUT2D eigenvalue weighted by atomic mass is 79.9. The lowest BCUT2D eigenvalue weighted by Gasteiger charge is -2.02. The number of halogens is 3. The summed E-state index contributed by atoms with van der Waals surface area (Å²) in [4.78, 5) is 12.3. The number of phenols is 1. The van der Waals surface area contributed by atoms with E-state index in [1.807, 2.05) is 12.1 Å². The summed E-state index contributed by atoms with van der Waals surface area (Å²) in [5.41, 5.74) is 3.94. The van der Waals surface area contributed by atoms with Crippen LogP contribution in [0.4, 0.5) is 0 Å². The summed E-state index contributed by atoms with van der Waals surface area (Å²) >= 11 is 15.1. The van der Waals surface area contributed by atoms with Crippen molar-refractivity contribution in [1.82, 2.24) is 15.2 Å². The molecule has 1 aromatic heterocycles. The Hall–Kier alpha value is -2.35. The van der Waals surface area contributed by atoms with Crippen LogP contribution in [0.15, 0.2) is 58.2 Å². The van der Waals surface area contributed by atoms with Crippen LogP contribution in [-0.2, 0) is 6.54 Å². The van der Waals surface area contributed by atoms with Crippen LogP contribution in [0.25, 0.3) is 0 Å². The normalized spacial score (nSPS) is 11.1. The number of hydrazone groups is 1. The van der Waals surface area contributed by atoms with Gasteiger partial charge in [-0.05, 0) is 51.8 Å². The molecule has 2 N–H and O–H groups in total. The van der Waals surface area contributed by atoms with Gasteiger partial charge >= 0.3 is 0 Å². The van der Waals surface area contributed by atoms with Gasteiger partial charge in [-0.2, -0.15) is 10.2 Å². The van der Waals surface area contributed by atoms with E-state index in [9.17, 15) is 9.90 Å². The Morgan fingerprint density at radius 2 is 1.93 bits per heavy atom. The molecule has 138 valence electrons. The van der Waals surface area contributed by atoms with Crippen LogP contribution in [0.1, 0.15) is 21.6 Å². The van der Waals surface area contributed by atoms with Crippen LogP contribution in [0, 0.1) is 0 Å². The number of hydrogen-bond donors (Lipinski definition) is 2. The number of carbonyl (C=O) groups is 1. The summed E-state index contributed by atoms with van der Waals surface area (Å²) in [7, 11) is 0. The maximum atomic E-state index is 12.3. The van der Waals surface area contributed by atoms with Crippen LogP contribution >= 0.6 is 39.1 Å². The Bertz CT molecular complexity index is 1000. The average molecular weight is 468 g/mol. The minimum Gasteiger partial charge on any atom is -0.507 e. The molecule has 27 heavy (non-hydrogen) atoms. The van der Waals surface area contributed by atoms with Crippen LogP contribution < -0.4 is 5.43 Å². The van der Waals surface area contributed by atoms with E-state index in [0.29, 0.717) is 26.6 Å². The first-order valence-electron chi connectivity index (χ1n) is 7.71. The first-order valence-corrected chi connectivity index (χ1v) is 9.26. The highest BCUT2D eigenvalue weighted by Crippen LogP contribution is 2.20. The molecular formula is C18H13BrCl2N4O2. The molecule has 0 fully saturated rings. The third-order valence-corrected chi connectivity index (χ3v) is 4.62. The number of nitrogens with one attached hydrogen (secondary N) is 1. The van der Waals surface area contributed by atoms with Crippen molar-refractivity contribution >= 4 is 51.3 Å². The topological polar surface area (TPSA) is 79.5 Å². The van der Waals surface area contributed by atoms with Gasteiger partial charge in [0, 0.05) is 21.8 Å². The zero-order valence-electron chi connectivity index (χ0n) is 13.7. The number of phenolic OH excluding ortho intramolecular Hbond substituents is 1. The number of rotatable bonds is 5. The number of amides is 1. The van der Waals surface area contributed by atoms with Gasteiger partial charge in [0.05, 0.1) is 17.2 Å². The SMILES string of the molecule is O=C(NN=Cc1cc(Cl)ccc1O)c1nn(Cc2ccc(Cl)cc2)cc1Br. The zero-order valence-corrected chi connectivity index (χ0v) is 16.8. The summed E-state index contributed by atoms with van der Waals surface area (Å²) in [6.07, 6.45) is 3.01. The van der Waals surface area contributed by atoms with Crippen molar-refractivity contribution in [3.63, 3.8) is 0 Å². The molecule has 0 atom stereocenters. The summed E-state index contributed by atoms with van der Waals surface area (Å²) < 4.78 is 2.17. The van der Waals surface area contributed by atoms with Gasteiger partial charge in [-0.15, -0.1) is 0 Å². The fourth-order valence-electron chi connectivity index (χ4n) is 2.25. The third kappa shape index (κ3) is 5.09. The maximum absolute atomic E-state index is 12.3. The van der Waals surface area contributed by atoms with E-state index in [1.54, 1.807) is 29.1 Å². The van der Waals surface area contributed by atoms with Crippen molar-refractivity contribution in [2.45, 2.75) is 6.54 Å². The Balaban J connectivity index is 1.68. The number of hydrogen-bond acceptors (Lipinski definition) is 4. The maximum Gasteiger partial charge on any atom is 0.293 e. The van der Waals surface area contributed by atoms with Crippen LogP contribution in [0.2, 0.25) is 10.0 Å². The molecule has 0 radical (unpaired) electrons. The highest BCUT2D eigenvalue weighted by Gasteiger charge is 2.15. The number of aromatic hydroxyl groups is 1. The predicted octanol–water partition coefficient (Wildman–Crippen LogP) is 4.47. The molecule has 2 aromatic carbocycles. The Morgan fingerprint density at radius 1 is 1.22 bits per heavy atom. The van der Waals surface area contributed by atoms with Gasteiger partial charge in [-0.1, -0.05) is 35.3 Å². The number of carbonyl (C=O) groups excluding carboxylic acids is 1. The number of benzene rings is 2. The van der Waals surface area contributed by atoms with Crippen molar-refractivity contribution in [2.75, 3.05) is 0 Å². The molecule has 0 saturated heterocycles. The summed E-state index contributed by atoms with van der Waals surface area (Å²) in [6.45, 7) is 0.489. The van der Waals surface area contributed by atoms with Gasteiger partial charge < -0.3 is 5.11 Å². The lowest BCUT2D eigenvalue weighted by Crippen LogP contribution is -2.19. The fourth-order valence-corrected chi connectivity index (χ4v) is 3.05. The van der Waals surface area contributed by atoms with E-state index in [4.69, 9.17) is 23.2 Å². The van der Waals surface area contributed by atoms with E-state index in [-0.39, 0.29) is 11.4 Å². The van der Waals surface area contributed by atoms with E-state index in [2.05, 4.69) is 31.6 Å². The van der Waals surface area contributed by atoms with Crippen LogP contribution in [-0.4, -0.2) is 27.0 Å². The molecule has 0 aliphatic rings. The van der Waals surface area contributed by atoms with Crippen molar-refractivity contribution in [3.05, 3.63) is 80.0 Å². The molecule has 6 nitrogen and oxygen atoms in total. The van der Waals surface area contributed by atoms with E-state index in [1.165, 1.54) is 18.3 Å². The van der Waals surface area contributed by atoms with Gasteiger partial charge in [-0.3, -0.25) is 9.48 Å². The lowest BCUT2D eigenvalue weighted by atomic mass is 10.2. The molecule has 0 saturated carbocycles. The molecule has 0 unspecified atom stereocenters. The highest BCUT2D eigenvalue weighted by molar-refractivity contribution is 9.10. The lowest BCUT2D eigenvalue weighted by molar-refractivity contribution is 0.0948. The Morgan fingerprint density at radius 3 is 2.67 bits per heavy atom. The summed E-state index contributed by atoms with van der Waals surface area (Å²) in [5.74, 6) is -0.486. The van der Waals surface area contributed by atoms with Crippen molar-refractivity contribution in [3.8, 4) is 5.75 Å².